The highest BCUT2D eigenvalue weighted by Crippen LogP contribution is 2.25. The predicted octanol–water partition coefficient (Wildman–Crippen LogP) is 5.11. The maximum absolute atomic E-state index is 5.49. The van der Waals surface area contributed by atoms with Gasteiger partial charge in [-0.25, -0.2) is 0 Å². The van der Waals surface area contributed by atoms with E-state index in [2.05, 4.69) is 83.7 Å². The summed E-state index contributed by atoms with van der Waals surface area (Å²) in [5.41, 5.74) is 8.40. The molecule has 4 heteroatoms. The molecule has 0 spiro atoms. The molecule has 2 heterocycles. The van der Waals surface area contributed by atoms with Gasteiger partial charge in [0.25, 0.3) is 0 Å². The van der Waals surface area contributed by atoms with Gasteiger partial charge in [-0.3, -0.25) is 4.90 Å². The monoisotopic (exact) mass is 458 g/mol. The van der Waals surface area contributed by atoms with Crippen LogP contribution < -0.4 is 0 Å². The number of benzene rings is 1. The van der Waals surface area contributed by atoms with E-state index in [9.17, 15) is 0 Å². The Balaban J connectivity index is 1.58. The van der Waals surface area contributed by atoms with Crippen molar-refractivity contribution < 1.29 is 0 Å². The smallest absolute Gasteiger partial charge is 0.0370 e. The summed E-state index contributed by atoms with van der Waals surface area (Å²) in [7, 11) is 0. The zero-order valence-electron chi connectivity index (χ0n) is 21.7. The van der Waals surface area contributed by atoms with E-state index >= 15 is 0 Å². The highest BCUT2D eigenvalue weighted by atomic mass is 15.3. The first kappa shape index (κ1) is 25.7. The van der Waals surface area contributed by atoms with Crippen LogP contribution >= 0.6 is 0 Å². The summed E-state index contributed by atoms with van der Waals surface area (Å²) in [5.74, 6) is 2.68. The van der Waals surface area contributed by atoms with Gasteiger partial charge >= 0.3 is 0 Å². The summed E-state index contributed by atoms with van der Waals surface area (Å²) in [4.78, 5) is 9.81. The Morgan fingerprint density at radius 2 is 1.59 bits per heavy atom. The van der Waals surface area contributed by atoms with Crippen LogP contribution in [-0.2, 0) is 6.54 Å². The minimum Gasteiger partial charge on any atom is -0.373 e. The summed E-state index contributed by atoms with van der Waals surface area (Å²) in [6.45, 7) is 26.5. The Hall–Kier alpha value is -2.90. The van der Waals surface area contributed by atoms with Gasteiger partial charge in [0.1, 0.15) is 0 Å². The largest absolute Gasteiger partial charge is 0.373 e. The van der Waals surface area contributed by atoms with E-state index in [-0.39, 0.29) is 0 Å². The molecule has 34 heavy (non-hydrogen) atoms. The zero-order chi connectivity index (χ0) is 24.7. The van der Waals surface area contributed by atoms with Crippen LogP contribution in [-0.4, -0.2) is 72.0 Å². The third kappa shape index (κ3) is 6.58. The second kappa shape index (κ2) is 12.0. The topological polar surface area (TPSA) is 13.0 Å². The van der Waals surface area contributed by atoms with Gasteiger partial charge < -0.3 is 14.7 Å². The van der Waals surface area contributed by atoms with Gasteiger partial charge in [-0.1, -0.05) is 44.2 Å². The molecule has 0 unspecified atom stereocenters. The summed E-state index contributed by atoms with van der Waals surface area (Å²) < 4.78 is 0. The molecule has 0 aliphatic carbocycles. The van der Waals surface area contributed by atoms with E-state index in [4.69, 9.17) is 6.42 Å². The Kier molecular flexibility index (Phi) is 9.07. The van der Waals surface area contributed by atoms with Crippen molar-refractivity contribution in [2.24, 2.45) is 0 Å². The molecule has 182 valence electrons. The van der Waals surface area contributed by atoms with Crippen molar-refractivity contribution in [3.05, 3.63) is 77.2 Å². The number of aryl methyl sites for hydroxylation is 1. The average molecular weight is 459 g/mol. The molecule has 3 rings (SSSR count). The molecule has 2 aliphatic heterocycles. The number of allylic oxidation sites excluding steroid dienone is 4. The molecule has 2 fully saturated rings. The molecule has 4 nitrogen and oxygen atoms in total. The van der Waals surface area contributed by atoms with Gasteiger partial charge in [0, 0.05) is 87.1 Å². The molecular weight excluding hydrogens is 416 g/mol. The van der Waals surface area contributed by atoms with Gasteiger partial charge in [-0.05, 0) is 50.5 Å². The van der Waals surface area contributed by atoms with E-state index in [1.807, 2.05) is 13.0 Å². The van der Waals surface area contributed by atoms with Crippen molar-refractivity contribution in [1.29, 1.82) is 0 Å². The lowest BCUT2D eigenvalue weighted by Gasteiger charge is -2.39. The van der Waals surface area contributed by atoms with E-state index in [0.717, 1.165) is 82.3 Å². The Morgan fingerprint density at radius 3 is 2.21 bits per heavy atom. The Morgan fingerprint density at radius 1 is 0.971 bits per heavy atom. The second-order valence-electron chi connectivity index (χ2n) is 9.55. The van der Waals surface area contributed by atoms with Gasteiger partial charge in [-0.2, -0.15) is 0 Å². The molecular formula is C30H42N4. The molecule has 0 N–H and O–H groups in total. The quantitative estimate of drug-likeness (QED) is 0.396. The van der Waals surface area contributed by atoms with Gasteiger partial charge in [0.05, 0.1) is 0 Å². The van der Waals surface area contributed by atoms with E-state index in [1.165, 1.54) is 22.4 Å². The molecule has 0 bridgehead atoms. The van der Waals surface area contributed by atoms with Crippen LogP contribution in [0.15, 0.2) is 60.5 Å². The lowest BCUT2D eigenvalue weighted by molar-refractivity contribution is 0.152. The van der Waals surface area contributed by atoms with Crippen LogP contribution in [0.25, 0.3) is 5.70 Å². The van der Waals surface area contributed by atoms with Crippen molar-refractivity contribution in [3.63, 3.8) is 0 Å². The van der Waals surface area contributed by atoms with Crippen molar-refractivity contribution in [2.75, 3.05) is 52.4 Å². The average Bonchev–Trinajstić information content (AvgIpc) is 2.85. The number of terminal acetylenes is 1. The minimum absolute atomic E-state index is 0.915. The number of hydrogen-bond acceptors (Lipinski definition) is 4. The highest BCUT2D eigenvalue weighted by Gasteiger charge is 2.21. The standard InChI is InChI=1S/C30H42N4/c1-8-10-26(5)32-15-13-31(14-16-32)23-29-12-11-25(4)30(22-29)28(7)34-19-17-33(18-20-34)27(6)21-24(3)9-2/h2,10-12,21-22H,6-8,13-20,23H2,1,3-5H3/b24-21+,26-10+. The second-order valence-corrected chi connectivity index (χ2v) is 9.55. The number of rotatable bonds is 8. The van der Waals surface area contributed by atoms with Gasteiger partial charge in [0.15, 0.2) is 0 Å². The Bertz CT molecular complexity index is 978. The molecule has 2 saturated heterocycles. The first-order valence-corrected chi connectivity index (χ1v) is 12.6. The van der Waals surface area contributed by atoms with Crippen LogP contribution in [0.1, 0.15) is 43.9 Å². The molecule has 0 atom stereocenters. The molecule has 0 aromatic heterocycles. The SMILES string of the molecule is C#C/C(C)=C/C(=C)N1CCN(C(=C)c2cc(CN3CCN(/C(C)=C/CC)CC3)ccc2C)CC1. The van der Waals surface area contributed by atoms with Gasteiger partial charge in [-0.15, -0.1) is 6.42 Å². The summed E-state index contributed by atoms with van der Waals surface area (Å²) in [5, 5.41) is 0. The summed E-state index contributed by atoms with van der Waals surface area (Å²) >= 11 is 0. The highest BCUT2D eigenvalue weighted by molar-refractivity contribution is 5.65. The van der Waals surface area contributed by atoms with Crippen LogP contribution in [0, 0.1) is 19.3 Å². The number of hydrogen-bond donors (Lipinski definition) is 0. The van der Waals surface area contributed by atoms with Crippen LogP contribution in [0.3, 0.4) is 0 Å². The first-order chi connectivity index (χ1) is 16.3. The summed E-state index contributed by atoms with van der Waals surface area (Å²) in [6, 6.07) is 6.89. The lowest BCUT2D eigenvalue weighted by Crippen LogP contribution is -2.45. The van der Waals surface area contributed by atoms with Crippen molar-refractivity contribution in [3.8, 4) is 12.3 Å². The molecule has 2 aliphatic rings. The lowest BCUT2D eigenvalue weighted by atomic mass is 10.0. The number of piperazine rings is 2. The van der Waals surface area contributed by atoms with Crippen LogP contribution in [0.4, 0.5) is 0 Å². The van der Waals surface area contributed by atoms with E-state index < -0.39 is 0 Å². The fraction of sp³-hybridized carbons (Fsp3) is 0.467. The predicted molar refractivity (Wildman–Crippen MR) is 146 cm³/mol. The van der Waals surface area contributed by atoms with Gasteiger partial charge in [0.2, 0.25) is 0 Å². The number of nitrogens with zero attached hydrogens (tertiary/aromatic N) is 4. The zero-order valence-corrected chi connectivity index (χ0v) is 21.7. The maximum Gasteiger partial charge on any atom is 0.0370 e. The third-order valence-electron chi connectivity index (χ3n) is 7.07. The molecule has 1 aromatic rings. The molecule has 0 saturated carbocycles. The van der Waals surface area contributed by atoms with E-state index in [1.54, 1.807) is 0 Å². The van der Waals surface area contributed by atoms with Crippen molar-refractivity contribution in [2.45, 2.75) is 40.7 Å². The van der Waals surface area contributed by atoms with Crippen LogP contribution in [0.2, 0.25) is 0 Å². The molecule has 1 aromatic carbocycles. The Labute approximate surface area is 207 Å². The van der Waals surface area contributed by atoms with Crippen LogP contribution in [0.5, 0.6) is 0 Å². The van der Waals surface area contributed by atoms with Crippen molar-refractivity contribution in [1.82, 2.24) is 19.6 Å². The maximum atomic E-state index is 5.49. The fourth-order valence-electron chi connectivity index (χ4n) is 4.84. The fourth-order valence-corrected chi connectivity index (χ4v) is 4.84. The summed E-state index contributed by atoms with van der Waals surface area (Å²) in [6.07, 6.45) is 10.9. The molecule has 0 radical (unpaired) electrons. The van der Waals surface area contributed by atoms with Crippen molar-refractivity contribution >= 4 is 5.70 Å². The van der Waals surface area contributed by atoms with E-state index in [0.29, 0.717) is 0 Å². The molecule has 0 amide bonds. The minimum atomic E-state index is 0.915. The first-order valence-electron chi connectivity index (χ1n) is 12.6. The normalized spacial score (nSPS) is 18.1. The third-order valence-corrected chi connectivity index (χ3v) is 7.07.